The summed E-state index contributed by atoms with van der Waals surface area (Å²) in [6, 6.07) is 25.0. The van der Waals surface area contributed by atoms with Crippen LogP contribution >= 0.6 is 23.2 Å². The number of hydrogen-bond acceptors (Lipinski definition) is 0. The van der Waals surface area contributed by atoms with E-state index in [0.29, 0.717) is 0 Å². The van der Waals surface area contributed by atoms with Crippen molar-refractivity contribution in [2.24, 2.45) is 0 Å². The molecule has 2 aliphatic heterocycles. The molecule has 0 unspecified atom stereocenters. The van der Waals surface area contributed by atoms with Crippen molar-refractivity contribution in [3.63, 3.8) is 0 Å². The van der Waals surface area contributed by atoms with E-state index < -0.39 is 0 Å². The van der Waals surface area contributed by atoms with Gasteiger partial charge in [0.25, 0.3) is 0 Å². The fourth-order valence-electron chi connectivity index (χ4n) is 6.34. The first-order valence-electron chi connectivity index (χ1n) is 14.8. The standard InChI is InChI=1S/C36H40Cl2N2.2ClH/c37-35-17-5-3-15-33(35)29-39(23-7-1-8-24-39)27-11-13-31-19-21-32(22-20-31)14-12-28-40(25-9-2-10-26-40)30-34-16-4-6-18-36(34)38;;/h3-6,15-22H,1-2,7-10,23-30H2;2*1H/q+2;;/p-2. The summed E-state index contributed by atoms with van der Waals surface area (Å²) < 4.78 is 2.02. The Bertz CT molecular complexity index is 1290. The summed E-state index contributed by atoms with van der Waals surface area (Å²) in [5, 5.41) is 1.74. The smallest absolute Gasteiger partial charge is 0.141 e. The van der Waals surface area contributed by atoms with E-state index in [2.05, 4.69) is 72.2 Å². The number of piperidine rings is 2. The van der Waals surface area contributed by atoms with Gasteiger partial charge in [0.05, 0.1) is 26.2 Å². The van der Waals surface area contributed by atoms with Crippen LogP contribution in [0.5, 0.6) is 0 Å². The van der Waals surface area contributed by atoms with Gasteiger partial charge in [-0.2, -0.15) is 0 Å². The highest BCUT2D eigenvalue weighted by atomic mass is 35.5. The number of nitrogens with zero attached hydrogens (tertiary/aromatic N) is 2. The summed E-state index contributed by atoms with van der Waals surface area (Å²) in [5.41, 5.74) is 4.57. The van der Waals surface area contributed by atoms with Gasteiger partial charge in [-0.3, -0.25) is 0 Å². The largest absolute Gasteiger partial charge is 1.00 e. The number of quaternary nitrogens is 2. The van der Waals surface area contributed by atoms with Crippen LogP contribution in [0.2, 0.25) is 10.0 Å². The first kappa shape index (κ1) is 34.4. The third kappa shape index (κ3) is 9.43. The molecule has 0 saturated carbocycles. The molecule has 2 aliphatic rings. The average molecular weight is 643 g/mol. The van der Waals surface area contributed by atoms with Crippen molar-refractivity contribution in [2.75, 3.05) is 39.3 Å². The molecule has 0 aliphatic carbocycles. The Kier molecular flexibility index (Phi) is 13.6. The first-order chi connectivity index (χ1) is 19.5. The fraction of sp³-hybridized carbons (Fsp3) is 0.389. The van der Waals surface area contributed by atoms with Crippen molar-refractivity contribution in [3.05, 3.63) is 105 Å². The first-order valence-corrected chi connectivity index (χ1v) is 15.6. The highest BCUT2D eigenvalue weighted by Gasteiger charge is 2.31. The Morgan fingerprint density at radius 1 is 0.500 bits per heavy atom. The Labute approximate surface area is 275 Å². The van der Waals surface area contributed by atoms with Crippen LogP contribution in [0.25, 0.3) is 0 Å². The van der Waals surface area contributed by atoms with Crippen molar-refractivity contribution in [3.8, 4) is 23.7 Å². The average Bonchev–Trinajstić information content (AvgIpc) is 2.97. The molecule has 3 aromatic rings. The van der Waals surface area contributed by atoms with Crippen molar-refractivity contribution in [1.82, 2.24) is 0 Å². The summed E-state index contributed by atoms with van der Waals surface area (Å²) in [4.78, 5) is 0. The summed E-state index contributed by atoms with van der Waals surface area (Å²) >= 11 is 13.0. The second-order valence-corrected chi connectivity index (χ2v) is 12.5. The fourth-order valence-corrected chi connectivity index (χ4v) is 6.73. The van der Waals surface area contributed by atoms with E-state index >= 15 is 0 Å². The molecule has 2 nitrogen and oxygen atoms in total. The molecule has 3 aromatic carbocycles. The number of likely N-dealkylation sites (tertiary alicyclic amines) is 2. The van der Waals surface area contributed by atoms with E-state index in [4.69, 9.17) is 23.2 Å². The minimum absolute atomic E-state index is 0. The molecule has 2 saturated heterocycles. The molecule has 0 aromatic heterocycles. The molecular formula is C36H40Cl4N2. The minimum Gasteiger partial charge on any atom is -1.00 e. The van der Waals surface area contributed by atoms with Crippen LogP contribution in [0, 0.1) is 23.7 Å². The molecular weight excluding hydrogens is 602 g/mol. The lowest BCUT2D eigenvalue weighted by Crippen LogP contribution is -3.00. The Hall–Kier alpha value is -2.14. The van der Waals surface area contributed by atoms with E-state index in [-0.39, 0.29) is 24.8 Å². The highest BCUT2D eigenvalue weighted by Crippen LogP contribution is 2.27. The normalized spacial score (nSPS) is 16.8. The van der Waals surface area contributed by atoms with Gasteiger partial charge in [-0.15, -0.1) is 0 Å². The molecule has 42 heavy (non-hydrogen) atoms. The van der Waals surface area contributed by atoms with E-state index in [0.717, 1.165) is 56.3 Å². The number of halogens is 4. The Morgan fingerprint density at radius 2 is 0.857 bits per heavy atom. The van der Waals surface area contributed by atoms with E-state index in [1.54, 1.807) is 0 Å². The number of hydrogen-bond donors (Lipinski definition) is 0. The molecule has 0 spiro atoms. The van der Waals surface area contributed by atoms with Crippen LogP contribution < -0.4 is 24.8 Å². The maximum Gasteiger partial charge on any atom is 0.141 e. The SMILES string of the molecule is Clc1ccccc1C[N+]1(CC#Cc2ccc(C#CC[N+]3(Cc4ccccc4Cl)CCCCC3)cc2)CCCCC1.[Cl-].[Cl-]. The Balaban J connectivity index is 0.00000242. The van der Waals surface area contributed by atoms with Crippen LogP contribution in [0.4, 0.5) is 0 Å². The van der Waals surface area contributed by atoms with Gasteiger partial charge in [-0.1, -0.05) is 71.4 Å². The second kappa shape index (κ2) is 16.6. The van der Waals surface area contributed by atoms with E-state index in [1.165, 1.54) is 75.8 Å². The lowest BCUT2D eigenvalue weighted by atomic mass is 10.0. The maximum atomic E-state index is 6.52. The van der Waals surface area contributed by atoms with Gasteiger partial charge in [0.2, 0.25) is 0 Å². The third-order valence-corrected chi connectivity index (χ3v) is 9.37. The van der Waals surface area contributed by atoms with Crippen LogP contribution in [-0.4, -0.2) is 48.2 Å². The van der Waals surface area contributed by atoms with E-state index in [1.807, 2.05) is 24.3 Å². The molecule has 6 heteroatoms. The van der Waals surface area contributed by atoms with Crippen molar-refractivity contribution in [2.45, 2.75) is 51.6 Å². The summed E-state index contributed by atoms with van der Waals surface area (Å²) in [5.74, 6) is 13.9. The highest BCUT2D eigenvalue weighted by molar-refractivity contribution is 6.31. The van der Waals surface area contributed by atoms with Crippen LogP contribution in [0.15, 0.2) is 72.8 Å². The number of rotatable bonds is 6. The minimum atomic E-state index is 0. The molecule has 0 bridgehead atoms. The molecule has 0 atom stereocenters. The third-order valence-electron chi connectivity index (χ3n) is 8.64. The van der Waals surface area contributed by atoms with Gasteiger partial charge < -0.3 is 33.8 Å². The summed E-state index contributed by atoms with van der Waals surface area (Å²) in [6.07, 6.45) is 7.68. The van der Waals surface area contributed by atoms with Crippen LogP contribution in [0.1, 0.15) is 60.8 Å². The predicted octanol–water partition coefficient (Wildman–Crippen LogP) is 2.11. The predicted molar refractivity (Wildman–Crippen MR) is 168 cm³/mol. The number of benzene rings is 3. The van der Waals surface area contributed by atoms with Crippen LogP contribution in [-0.2, 0) is 13.1 Å². The molecule has 2 heterocycles. The zero-order chi connectivity index (χ0) is 27.7. The van der Waals surface area contributed by atoms with E-state index in [9.17, 15) is 0 Å². The zero-order valence-electron chi connectivity index (χ0n) is 24.2. The lowest BCUT2D eigenvalue weighted by Gasteiger charge is -2.40. The molecule has 2 fully saturated rings. The summed E-state index contributed by atoms with van der Waals surface area (Å²) in [6.45, 7) is 8.32. The van der Waals surface area contributed by atoms with Gasteiger partial charge in [0.15, 0.2) is 0 Å². The van der Waals surface area contributed by atoms with Gasteiger partial charge in [0.1, 0.15) is 26.2 Å². The molecule has 0 radical (unpaired) electrons. The zero-order valence-corrected chi connectivity index (χ0v) is 27.3. The molecule has 0 amide bonds. The molecule has 5 rings (SSSR count). The van der Waals surface area contributed by atoms with Crippen molar-refractivity contribution >= 4 is 23.2 Å². The summed E-state index contributed by atoms with van der Waals surface area (Å²) in [7, 11) is 0. The quantitative estimate of drug-likeness (QED) is 0.286. The molecule has 222 valence electrons. The Morgan fingerprint density at radius 3 is 1.21 bits per heavy atom. The van der Waals surface area contributed by atoms with Crippen molar-refractivity contribution in [1.29, 1.82) is 0 Å². The molecule has 0 N–H and O–H groups in total. The van der Waals surface area contributed by atoms with Crippen molar-refractivity contribution < 1.29 is 33.8 Å². The second-order valence-electron chi connectivity index (χ2n) is 11.7. The monoisotopic (exact) mass is 640 g/mol. The van der Waals surface area contributed by atoms with Gasteiger partial charge in [-0.25, -0.2) is 0 Å². The van der Waals surface area contributed by atoms with Gasteiger partial charge >= 0.3 is 0 Å². The topological polar surface area (TPSA) is 0 Å². The van der Waals surface area contributed by atoms with Gasteiger partial charge in [-0.05, 0) is 86.8 Å². The maximum absolute atomic E-state index is 6.52. The van der Waals surface area contributed by atoms with Gasteiger partial charge in [0, 0.05) is 32.3 Å². The van der Waals surface area contributed by atoms with Crippen LogP contribution in [0.3, 0.4) is 0 Å². The lowest BCUT2D eigenvalue weighted by molar-refractivity contribution is -0.938.